The van der Waals surface area contributed by atoms with E-state index in [0.29, 0.717) is 11.3 Å². The number of benzene rings is 1. The number of nitrogens with one attached hydrogen (secondary N) is 1. The van der Waals surface area contributed by atoms with Crippen molar-refractivity contribution < 1.29 is 19.8 Å². The molecular weight excluding hydrogens is 198 g/mol. The summed E-state index contributed by atoms with van der Waals surface area (Å²) in [6.07, 6.45) is -0.938. The number of carbonyl (C=O) groups excluding carboxylic acids is 1. The number of rotatable bonds is 1. The predicted octanol–water partition coefficient (Wildman–Crippen LogP) is 0.0289. The van der Waals surface area contributed by atoms with Gasteiger partial charge in [-0.1, -0.05) is 18.2 Å². The Morgan fingerprint density at radius 1 is 1.47 bits per heavy atom. The Kier molecular flexibility index (Phi) is 2.57. The molecule has 1 aliphatic heterocycles. The third-order valence-electron chi connectivity index (χ3n) is 2.44. The zero-order valence-corrected chi connectivity index (χ0v) is 7.88. The van der Waals surface area contributed by atoms with Gasteiger partial charge in [-0.05, 0) is 6.07 Å². The first-order valence-corrected chi connectivity index (χ1v) is 4.58. The number of aliphatic hydroxyl groups excluding tert-OH is 1. The van der Waals surface area contributed by atoms with Gasteiger partial charge in [0.15, 0.2) is 0 Å². The van der Waals surface area contributed by atoms with Gasteiger partial charge in [0.1, 0.15) is 18.5 Å². The molecule has 1 aromatic rings. The van der Waals surface area contributed by atoms with Crippen LogP contribution in [0.2, 0.25) is 0 Å². The molecule has 80 valence electrons. The van der Waals surface area contributed by atoms with Crippen molar-refractivity contribution in [2.75, 3.05) is 6.61 Å². The van der Waals surface area contributed by atoms with Gasteiger partial charge in [-0.3, -0.25) is 10.0 Å². The van der Waals surface area contributed by atoms with Crippen LogP contribution in [0.25, 0.3) is 0 Å². The van der Waals surface area contributed by atoms with Crippen molar-refractivity contribution in [2.45, 2.75) is 12.0 Å². The third-order valence-corrected chi connectivity index (χ3v) is 2.44. The van der Waals surface area contributed by atoms with Crippen molar-refractivity contribution in [2.24, 2.45) is 0 Å². The summed E-state index contributed by atoms with van der Waals surface area (Å²) in [5.41, 5.74) is 2.14. The summed E-state index contributed by atoms with van der Waals surface area (Å²) in [5, 5.41) is 18.2. The lowest BCUT2D eigenvalue weighted by molar-refractivity contribution is -0.134. The van der Waals surface area contributed by atoms with Crippen molar-refractivity contribution >= 4 is 5.91 Å². The molecule has 2 rings (SSSR count). The van der Waals surface area contributed by atoms with Crippen LogP contribution >= 0.6 is 0 Å². The molecule has 2 unspecified atom stereocenters. The Morgan fingerprint density at radius 2 is 2.20 bits per heavy atom. The maximum absolute atomic E-state index is 11.4. The van der Waals surface area contributed by atoms with E-state index in [1.54, 1.807) is 29.7 Å². The van der Waals surface area contributed by atoms with Crippen molar-refractivity contribution in [3.63, 3.8) is 0 Å². The standard InChI is InChI=1S/C10H11NO4/c12-7-5-15-8-4-2-1-3-6(8)9(7)10(13)11-14/h1-4,7,9,12,14H,5H2,(H,11,13). The maximum atomic E-state index is 11.4. The monoisotopic (exact) mass is 209 g/mol. The minimum Gasteiger partial charge on any atom is -0.491 e. The Balaban J connectivity index is 2.41. The van der Waals surface area contributed by atoms with E-state index in [4.69, 9.17) is 9.94 Å². The van der Waals surface area contributed by atoms with E-state index in [0.717, 1.165) is 0 Å². The van der Waals surface area contributed by atoms with Gasteiger partial charge in [0.2, 0.25) is 0 Å². The number of carbonyl (C=O) groups is 1. The molecule has 15 heavy (non-hydrogen) atoms. The van der Waals surface area contributed by atoms with Crippen molar-refractivity contribution in [1.82, 2.24) is 5.48 Å². The lowest BCUT2D eigenvalue weighted by atomic mass is 9.90. The van der Waals surface area contributed by atoms with Gasteiger partial charge in [-0.25, -0.2) is 5.48 Å². The quantitative estimate of drug-likeness (QED) is 0.450. The average Bonchev–Trinajstić information content (AvgIpc) is 2.28. The highest BCUT2D eigenvalue weighted by Gasteiger charge is 2.34. The Bertz CT molecular complexity index is 379. The summed E-state index contributed by atoms with van der Waals surface area (Å²) in [7, 11) is 0. The normalized spacial score (nSPS) is 23.9. The van der Waals surface area contributed by atoms with E-state index < -0.39 is 17.9 Å². The van der Waals surface area contributed by atoms with Crippen LogP contribution in [0.4, 0.5) is 0 Å². The molecular formula is C10H11NO4. The number of hydroxylamine groups is 1. The van der Waals surface area contributed by atoms with Gasteiger partial charge >= 0.3 is 0 Å². The van der Waals surface area contributed by atoms with Crippen LogP contribution in [0.3, 0.4) is 0 Å². The first-order valence-electron chi connectivity index (χ1n) is 4.58. The second-order valence-corrected chi connectivity index (χ2v) is 3.37. The summed E-state index contributed by atoms with van der Waals surface area (Å²) in [5.74, 6) is -0.838. The molecule has 0 aliphatic carbocycles. The van der Waals surface area contributed by atoms with Gasteiger partial charge in [0.05, 0.1) is 5.92 Å². The molecule has 0 saturated heterocycles. The lowest BCUT2D eigenvalue weighted by Crippen LogP contribution is -2.40. The van der Waals surface area contributed by atoms with E-state index in [1.165, 1.54) is 0 Å². The summed E-state index contributed by atoms with van der Waals surface area (Å²) in [4.78, 5) is 11.4. The minimum absolute atomic E-state index is 0.0507. The number of hydrogen-bond acceptors (Lipinski definition) is 4. The van der Waals surface area contributed by atoms with Crippen LogP contribution in [0, 0.1) is 0 Å². The smallest absolute Gasteiger partial charge is 0.253 e. The lowest BCUT2D eigenvalue weighted by Gasteiger charge is -2.28. The van der Waals surface area contributed by atoms with E-state index in [2.05, 4.69) is 0 Å². The topological polar surface area (TPSA) is 78.8 Å². The molecule has 1 heterocycles. The van der Waals surface area contributed by atoms with E-state index >= 15 is 0 Å². The summed E-state index contributed by atoms with van der Waals surface area (Å²) in [6.45, 7) is 0.0507. The first-order chi connectivity index (χ1) is 7.24. The Hall–Kier alpha value is -1.59. The third kappa shape index (κ3) is 1.67. The molecule has 1 aromatic carbocycles. The fraction of sp³-hybridized carbons (Fsp3) is 0.300. The maximum Gasteiger partial charge on any atom is 0.253 e. The van der Waals surface area contributed by atoms with Crippen LogP contribution in [0.5, 0.6) is 5.75 Å². The number of amides is 1. The van der Waals surface area contributed by atoms with Gasteiger partial charge in [0.25, 0.3) is 5.91 Å². The molecule has 0 bridgehead atoms. The number of para-hydroxylation sites is 1. The number of ether oxygens (including phenoxy) is 1. The van der Waals surface area contributed by atoms with Crippen LogP contribution in [-0.2, 0) is 4.79 Å². The summed E-state index contributed by atoms with van der Waals surface area (Å²) >= 11 is 0. The van der Waals surface area contributed by atoms with Crippen LogP contribution in [0.15, 0.2) is 24.3 Å². The molecule has 1 amide bonds. The second-order valence-electron chi connectivity index (χ2n) is 3.37. The molecule has 0 saturated carbocycles. The molecule has 0 aromatic heterocycles. The van der Waals surface area contributed by atoms with Crippen molar-refractivity contribution in [3.05, 3.63) is 29.8 Å². The van der Waals surface area contributed by atoms with E-state index in [1.807, 2.05) is 0 Å². The molecule has 2 atom stereocenters. The summed E-state index contributed by atoms with van der Waals surface area (Å²) in [6, 6.07) is 6.94. The molecule has 5 nitrogen and oxygen atoms in total. The summed E-state index contributed by atoms with van der Waals surface area (Å²) < 4.78 is 5.25. The molecule has 1 aliphatic rings. The van der Waals surface area contributed by atoms with Crippen LogP contribution in [-0.4, -0.2) is 28.9 Å². The highest BCUT2D eigenvalue weighted by molar-refractivity contribution is 5.84. The molecule has 0 fully saturated rings. The number of aliphatic hydroxyl groups is 1. The van der Waals surface area contributed by atoms with Gasteiger partial charge in [0, 0.05) is 5.56 Å². The van der Waals surface area contributed by atoms with Gasteiger partial charge in [-0.15, -0.1) is 0 Å². The molecule has 0 spiro atoms. The number of hydrogen-bond donors (Lipinski definition) is 3. The fourth-order valence-electron chi connectivity index (χ4n) is 1.73. The molecule has 0 radical (unpaired) electrons. The fourth-order valence-corrected chi connectivity index (χ4v) is 1.73. The van der Waals surface area contributed by atoms with Crippen LogP contribution in [0.1, 0.15) is 11.5 Å². The van der Waals surface area contributed by atoms with E-state index in [-0.39, 0.29) is 6.61 Å². The minimum atomic E-state index is -0.938. The van der Waals surface area contributed by atoms with Crippen molar-refractivity contribution in [1.29, 1.82) is 0 Å². The highest BCUT2D eigenvalue weighted by Crippen LogP contribution is 2.33. The van der Waals surface area contributed by atoms with Crippen LogP contribution < -0.4 is 10.2 Å². The van der Waals surface area contributed by atoms with Gasteiger partial charge < -0.3 is 9.84 Å². The van der Waals surface area contributed by atoms with E-state index in [9.17, 15) is 9.90 Å². The largest absolute Gasteiger partial charge is 0.491 e. The highest BCUT2D eigenvalue weighted by atomic mass is 16.5. The average molecular weight is 209 g/mol. The zero-order valence-electron chi connectivity index (χ0n) is 7.88. The second kappa shape index (κ2) is 3.88. The molecule has 3 N–H and O–H groups in total. The SMILES string of the molecule is O=C(NO)C1c2ccccc2OCC1O. The van der Waals surface area contributed by atoms with Gasteiger partial charge in [-0.2, -0.15) is 0 Å². The Labute approximate surface area is 86.3 Å². The zero-order chi connectivity index (χ0) is 10.8. The number of fused-ring (bicyclic) bond motifs is 1. The van der Waals surface area contributed by atoms with Crippen molar-refractivity contribution in [3.8, 4) is 5.75 Å². The molecule has 5 heteroatoms. The predicted molar refractivity (Wildman–Crippen MR) is 50.6 cm³/mol. The first kappa shape index (κ1) is 9.95. The Morgan fingerprint density at radius 3 is 2.93 bits per heavy atom.